The first-order valence-corrected chi connectivity index (χ1v) is 6.09. The molecule has 0 aliphatic carbocycles. The van der Waals surface area contributed by atoms with Gasteiger partial charge in [-0.25, -0.2) is 4.39 Å². The fraction of sp³-hybridized carbons (Fsp3) is 0.500. The number of hydrogen-bond acceptors (Lipinski definition) is 2. The summed E-state index contributed by atoms with van der Waals surface area (Å²) < 4.78 is 13.1. The van der Waals surface area contributed by atoms with Crippen molar-refractivity contribution in [2.24, 2.45) is 0 Å². The third-order valence-corrected chi connectivity index (χ3v) is 2.80. The van der Waals surface area contributed by atoms with E-state index in [0.29, 0.717) is 12.6 Å². The number of unbranched alkanes of at least 4 members (excludes halogenated alkanes) is 1. The number of nitrogens with one attached hydrogen (secondary N) is 1. The quantitative estimate of drug-likeness (QED) is 0.819. The molecule has 0 bridgehead atoms. The Morgan fingerprint density at radius 2 is 2.24 bits per heavy atom. The Bertz CT molecular complexity index is 396. The van der Waals surface area contributed by atoms with Crippen LogP contribution in [0, 0.1) is 17.1 Å². The van der Waals surface area contributed by atoms with Crippen LogP contribution in [-0.2, 0) is 6.54 Å². The second-order valence-corrected chi connectivity index (χ2v) is 4.35. The molecule has 1 atom stereocenters. The molecule has 17 heavy (non-hydrogen) atoms. The smallest absolute Gasteiger partial charge is 0.140 e. The molecule has 1 aromatic carbocycles. The van der Waals surface area contributed by atoms with Gasteiger partial charge in [0.25, 0.3) is 0 Å². The Balaban J connectivity index is 2.50. The number of nitriles is 1. The van der Waals surface area contributed by atoms with Crippen LogP contribution in [0.15, 0.2) is 18.2 Å². The van der Waals surface area contributed by atoms with Crippen LogP contribution in [0.5, 0.6) is 0 Å². The van der Waals surface area contributed by atoms with E-state index in [2.05, 4.69) is 19.2 Å². The summed E-state index contributed by atoms with van der Waals surface area (Å²) in [7, 11) is 0. The molecule has 0 saturated heterocycles. The fourth-order valence-electron chi connectivity index (χ4n) is 1.67. The Labute approximate surface area is 102 Å². The highest BCUT2D eigenvalue weighted by atomic mass is 19.1. The minimum absolute atomic E-state index is 0.116. The van der Waals surface area contributed by atoms with E-state index in [1.54, 1.807) is 12.1 Å². The van der Waals surface area contributed by atoms with E-state index in [4.69, 9.17) is 5.26 Å². The van der Waals surface area contributed by atoms with Crippen molar-refractivity contribution in [1.29, 1.82) is 5.26 Å². The van der Waals surface area contributed by atoms with Gasteiger partial charge in [-0.3, -0.25) is 0 Å². The summed E-state index contributed by atoms with van der Waals surface area (Å²) in [5.41, 5.74) is 1.07. The standard InChI is InChI=1S/C14H19FN2/c1-3-4-5-11(2)17-10-12-6-7-14(15)13(8-12)9-16/h6-8,11,17H,3-5,10H2,1-2H3. The largest absolute Gasteiger partial charge is 0.310 e. The molecule has 0 saturated carbocycles. The van der Waals surface area contributed by atoms with Gasteiger partial charge in [0, 0.05) is 12.6 Å². The summed E-state index contributed by atoms with van der Waals surface area (Å²) in [6.45, 7) is 5.00. The summed E-state index contributed by atoms with van der Waals surface area (Å²) in [5.74, 6) is -0.449. The van der Waals surface area contributed by atoms with Gasteiger partial charge in [-0.15, -0.1) is 0 Å². The molecule has 0 radical (unpaired) electrons. The van der Waals surface area contributed by atoms with E-state index in [1.807, 2.05) is 6.07 Å². The number of hydrogen-bond donors (Lipinski definition) is 1. The SMILES string of the molecule is CCCCC(C)NCc1ccc(F)c(C#N)c1. The van der Waals surface area contributed by atoms with E-state index in [1.165, 1.54) is 18.9 Å². The summed E-state index contributed by atoms with van der Waals surface area (Å²) in [6, 6.07) is 6.98. The van der Waals surface area contributed by atoms with Crippen molar-refractivity contribution in [3.8, 4) is 6.07 Å². The lowest BCUT2D eigenvalue weighted by molar-refractivity contribution is 0.494. The average molecular weight is 234 g/mol. The van der Waals surface area contributed by atoms with Gasteiger partial charge < -0.3 is 5.32 Å². The second-order valence-electron chi connectivity index (χ2n) is 4.35. The molecular formula is C14H19FN2. The molecule has 3 heteroatoms. The van der Waals surface area contributed by atoms with E-state index in [-0.39, 0.29) is 5.56 Å². The van der Waals surface area contributed by atoms with Gasteiger partial charge >= 0.3 is 0 Å². The fourth-order valence-corrected chi connectivity index (χ4v) is 1.67. The molecular weight excluding hydrogens is 215 g/mol. The van der Waals surface area contributed by atoms with Gasteiger partial charge in [-0.05, 0) is 31.0 Å². The van der Waals surface area contributed by atoms with E-state index < -0.39 is 5.82 Å². The molecule has 1 N–H and O–H groups in total. The van der Waals surface area contributed by atoms with Crippen LogP contribution in [-0.4, -0.2) is 6.04 Å². The third-order valence-electron chi connectivity index (χ3n) is 2.80. The molecule has 0 aromatic heterocycles. The highest BCUT2D eigenvalue weighted by Gasteiger charge is 2.04. The first kappa shape index (κ1) is 13.7. The van der Waals surface area contributed by atoms with Gasteiger partial charge in [0.1, 0.15) is 11.9 Å². The Hall–Kier alpha value is -1.40. The number of rotatable bonds is 6. The number of halogens is 1. The second kappa shape index (κ2) is 7.03. The molecule has 0 spiro atoms. The lowest BCUT2D eigenvalue weighted by Gasteiger charge is -2.13. The third kappa shape index (κ3) is 4.54. The molecule has 1 rings (SSSR count). The van der Waals surface area contributed by atoms with Crippen molar-refractivity contribution in [2.45, 2.75) is 45.7 Å². The monoisotopic (exact) mass is 234 g/mol. The van der Waals surface area contributed by atoms with Crippen LogP contribution < -0.4 is 5.32 Å². The molecule has 0 amide bonds. The van der Waals surface area contributed by atoms with Crippen molar-refractivity contribution < 1.29 is 4.39 Å². The van der Waals surface area contributed by atoms with Crippen molar-refractivity contribution in [3.63, 3.8) is 0 Å². The van der Waals surface area contributed by atoms with Crippen molar-refractivity contribution in [2.75, 3.05) is 0 Å². The van der Waals surface area contributed by atoms with Crippen LogP contribution in [0.2, 0.25) is 0 Å². The maximum absolute atomic E-state index is 13.1. The van der Waals surface area contributed by atoms with Crippen molar-refractivity contribution in [1.82, 2.24) is 5.32 Å². The van der Waals surface area contributed by atoms with Gasteiger partial charge in [0.15, 0.2) is 0 Å². The predicted molar refractivity (Wildman–Crippen MR) is 66.9 cm³/mol. The molecule has 1 aromatic rings. The van der Waals surface area contributed by atoms with Crippen LogP contribution in [0.25, 0.3) is 0 Å². The minimum Gasteiger partial charge on any atom is -0.310 e. The normalized spacial score (nSPS) is 12.1. The number of benzene rings is 1. The van der Waals surface area contributed by atoms with Gasteiger partial charge in [0.2, 0.25) is 0 Å². The van der Waals surface area contributed by atoms with Crippen LogP contribution >= 0.6 is 0 Å². The molecule has 92 valence electrons. The highest BCUT2D eigenvalue weighted by molar-refractivity contribution is 5.34. The summed E-state index contributed by atoms with van der Waals surface area (Å²) in [6.07, 6.45) is 3.55. The predicted octanol–water partition coefficient (Wildman–Crippen LogP) is 3.37. The molecule has 2 nitrogen and oxygen atoms in total. The van der Waals surface area contributed by atoms with Crippen LogP contribution in [0.1, 0.15) is 44.2 Å². The molecule has 1 unspecified atom stereocenters. The van der Waals surface area contributed by atoms with Crippen LogP contribution in [0.3, 0.4) is 0 Å². The van der Waals surface area contributed by atoms with Gasteiger partial charge in [-0.2, -0.15) is 5.26 Å². The highest BCUT2D eigenvalue weighted by Crippen LogP contribution is 2.10. The molecule has 0 heterocycles. The molecule has 0 aliphatic heterocycles. The average Bonchev–Trinajstić information content (AvgIpc) is 2.35. The molecule has 0 aliphatic rings. The first-order valence-electron chi connectivity index (χ1n) is 6.09. The zero-order chi connectivity index (χ0) is 12.7. The maximum atomic E-state index is 13.1. The Morgan fingerprint density at radius 1 is 1.47 bits per heavy atom. The van der Waals surface area contributed by atoms with E-state index in [0.717, 1.165) is 12.0 Å². The van der Waals surface area contributed by atoms with E-state index in [9.17, 15) is 4.39 Å². The zero-order valence-corrected chi connectivity index (χ0v) is 10.5. The zero-order valence-electron chi connectivity index (χ0n) is 10.5. The first-order chi connectivity index (χ1) is 8.17. The van der Waals surface area contributed by atoms with Crippen molar-refractivity contribution in [3.05, 3.63) is 35.1 Å². The summed E-state index contributed by atoms with van der Waals surface area (Å²) >= 11 is 0. The Kier molecular flexibility index (Phi) is 5.65. The Morgan fingerprint density at radius 3 is 2.88 bits per heavy atom. The lowest BCUT2D eigenvalue weighted by atomic mass is 10.1. The maximum Gasteiger partial charge on any atom is 0.140 e. The molecule has 0 fully saturated rings. The van der Waals surface area contributed by atoms with E-state index >= 15 is 0 Å². The topological polar surface area (TPSA) is 35.8 Å². The lowest BCUT2D eigenvalue weighted by Crippen LogP contribution is -2.25. The summed E-state index contributed by atoms with van der Waals surface area (Å²) in [4.78, 5) is 0. The summed E-state index contributed by atoms with van der Waals surface area (Å²) in [5, 5.41) is 12.1. The van der Waals surface area contributed by atoms with Gasteiger partial charge in [0.05, 0.1) is 5.56 Å². The number of nitrogens with zero attached hydrogens (tertiary/aromatic N) is 1. The minimum atomic E-state index is -0.449. The van der Waals surface area contributed by atoms with Crippen molar-refractivity contribution >= 4 is 0 Å². The van der Waals surface area contributed by atoms with Crippen LogP contribution in [0.4, 0.5) is 4.39 Å². The van der Waals surface area contributed by atoms with Gasteiger partial charge in [-0.1, -0.05) is 25.8 Å².